The second kappa shape index (κ2) is 15.3. The normalized spacial score (nSPS) is 14.9. The standard InChI is InChI=1S/C59H54/c1-39-23-26-43(27-24-39)46(33-42-25-31-52-49(34-42)36-47-19-11-12-20-50(47)52)28-29-48-38-57-58(53-22-14-13-21-51(48)53)54-32-30-45(37-56(54)59(57,3)4)40(2)55(44-17-9-6-10-18-44)35-41-15-7-5-8-16-41/h5-27,30-32,34,37-38,40,46,55H,28-29,33,35-36H2,1-4H3. The summed E-state index contributed by atoms with van der Waals surface area (Å²) >= 11 is 0. The lowest BCUT2D eigenvalue weighted by Gasteiger charge is -2.28. The summed E-state index contributed by atoms with van der Waals surface area (Å²) in [5, 5.41) is 2.79. The fourth-order valence-corrected chi connectivity index (χ4v) is 10.7. The largest absolute Gasteiger partial charge is 0.0622 e. The van der Waals surface area contributed by atoms with Gasteiger partial charge in [0.15, 0.2) is 0 Å². The van der Waals surface area contributed by atoms with Gasteiger partial charge in [0.1, 0.15) is 0 Å². The van der Waals surface area contributed by atoms with Crippen molar-refractivity contribution in [3.8, 4) is 22.3 Å². The average Bonchev–Trinajstić information content (AvgIpc) is 3.75. The van der Waals surface area contributed by atoms with Gasteiger partial charge in [0.2, 0.25) is 0 Å². The lowest BCUT2D eigenvalue weighted by atomic mass is 9.76. The minimum Gasteiger partial charge on any atom is -0.0622 e. The Hall–Kier alpha value is -5.98. The first-order valence-corrected chi connectivity index (χ1v) is 21.9. The third-order valence-corrected chi connectivity index (χ3v) is 14.1. The van der Waals surface area contributed by atoms with Crippen LogP contribution in [0.15, 0.2) is 176 Å². The fraction of sp³-hybridized carbons (Fsp3) is 0.220. The highest BCUT2D eigenvalue weighted by Gasteiger charge is 2.38. The van der Waals surface area contributed by atoms with Crippen molar-refractivity contribution < 1.29 is 0 Å². The molecule has 59 heavy (non-hydrogen) atoms. The van der Waals surface area contributed by atoms with Gasteiger partial charge in [0.05, 0.1) is 0 Å². The molecule has 0 fully saturated rings. The molecule has 0 nitrogen and oxygen atoms in total. The molecule has 0 heterocycles. The molecule has 3 atom stereocenters. The van der Waals surface area contributed by atoms with Crippen molar-refractivity contribution in [3.05, 3.63) is 237 Å². The highest BCUT2D eigenvalue weighted by Crippen LogP contribution is 2.53. The number of hydrogen-bond donors (Lipinski definition) is 0. The quantitative estimate of drug-likeness (QED) is 0.123. The van der Waals surface area contributed by atoms with Crippen LogP contribution in [0.25, 0.3) is 33.0 Å². The minimum atomic E-state index is -0.112. The van der Waals surface area contributed by atoms with Crippen LogP contribution in [0.1, 0.15) is 106 Å². The maximum Gasteiger partial charge on any atom is 0.0159 e. The molecule has 0 radical (unpaired) electrons. The van der Waals surface area contributed by atoms with Crippen LogP contribution in [0, 0.1) is 6.92 Å². The molecule has 8 aromatic carbocycles. The minimum absolute atomic E-state index is 0.112. The molecule has 3 unspecified atom stereocenters. The van der Waals surface area contributed by atoms with Crippen LogP contribution in [0.5, 0.6) is 0 Å². The van der Waals surface area contributed by atoms with E-state index in [1.54, 1.807) is 0 Å². The smallest absolute Gasteiger partial charge is 0.0159 e. The molecule has 8 aromatic rings. The molecular formula is C59H54. The van der Waals surface area contributed by atoms with Crippen molar-refractivity contribution in [1.29, 1.82) is 0 Å². The molecule has 0 aliphatic heterocycles. The van der Waals surface area contributed by atoms with Gasteiger partial charge in [-0.15, -0.1) is 0 Å². The van der Waals surface area contributed by atoms with Crippen molar-refractivity contribution >= 4 is 10.8 Å². The Morgan fingerprint density at radius 2 is 1.17 bits per heavy atom. The van der Waals surface area contributed by atoms with Crippen molar-refractivity contribution in [2.75, 3.05) is 0 Å². The Bertz CT molecular complexity index is 2790. The summed E-state index contributed by atoms with van der Waals surface area (Å²) in [7, 11) is 0. The molecule has 10 rings (SSSR count). The molecule has 0 heteroatoms. The summed E-state index contributed by atoms with van der Waals surface area (Å²) in [6.07, 6.45) is 5.23. The first kappa shape index (κ1) is 37.3. The Morgan fingerprint density at radius 3 is 1.97 bits per heavy atom. The molecule has 0 N–H and O–H groups in total. The molecule has 290 valence electrons. The summed E-state index contributed by atoms with van der Waals surface area (Å²) in [5.41, 5.74) is 21.3. The molecule has 0 amide bonds. The first-order chi connectivity index (χ1) is 28.8. The maximum atomic E-state index is 2.60. The zero-order valence-electron chi connectivity index (χ0n) is 35.0. The van der Waals surface area contributed by atoms with Gasteiger partial charge in [-0.25, -0.2) is 0 Å². The zero-order valence-corrected chi connectivity index (χ0v) is 35.0. The third-order valence-electron chi connectivity index (χ3n) is 14.1. The fourth-order valence-electron chi connectivity index (χ4n) is 10.7. The van der Waals surface area contributed by atoms with Crippen LogP contribution < -0.4 is 0 Å². The van der Waals surface area contributed by atoms with E-state index in [4.69, 9.17) is 0 Å². The van der Waals surface area contributed by atoms with Crippen molar-refractivity contribution in [1.82, 2.24) is 0 Å². The lowest BCUT2D eigenvalue weighted by molar-refractivity contribution is 0.569. The van der Waals surface area contributed by atoms with Gasteiger partial charge in [-0.3, -0.25) is 0 Å². The highest BCUT2D eigenvalue weighted by molar-refractivity contribution is 6.04. The molecule has 0 aromatic heterocycles. The van der Waals surface area contributed by atoms with Crippen LogP contribution in [0.4, 0.5) is 0 Å². The second-order valence-corrected chi connectivity index (χ2v) is 18.1. The van der Waals surface area contributed by atoms with E-state index >= 15 is 0 Å². The van der Waals surface area contributed by atoms with Crippen LogP contribution in [0.2, 0.25) is 0 Å². The van der Waals surface area contributed by atoms with Crippen LogP contribution in [-0.4, -0.2) is 0 Å². The molecule has 0 spiro atoms. The SMILES string of the molecule is Cc1ccc(C(CCc2cc3c(c4ccccc24)-c2ccc(C(C)C(Cc4ccccc4)c4ccccc4)cc2C3(C)C)Cc2ccc3c(c2)Cc2ccccc2-3)cc1. The van der Waals surface area contributed by atoms with Gasteiger partial charge in [0, 0.05) is 5.41 Å². The number of rotatable bonds is 11. The molecule has 0 bridgehead atoms. The van der Waals surface area contributed by atoms with Crippen LogP contribution >= 0.6 is 0 Å². The van der Waals surface area contributed by atoms with E-state index in [1.165, 1.54) is 94.2 Å². The van der Waals surface area contributed by atoms with E-state index in [-0.39, 0.29) is 5.41 Å². The summed E-state index contributed by atoms with van der Waals surface area (Å²) in [6.45, 7) is 9.57. The van der Waals surface area contributed by atoms with Gasteiger partial charge in [0.25, 0.3) is 0 Å². The summed E-state index contributed by atoms with van der Waals surface area (Å²) in [4.78, 5) is 0. The van der Waals surface area contributed by atoms with Gasteiger partial charge >= 0.3 is 0 Å². The predicted molar refractivity (Wildman–Crippen MR) is 250 cm³/mol. The number of hydrogen-bond acceptors (Lipinski definition) is 0. The third kappa shape index (κ3) is 6.93. The Labute approximate surface area is 351 Å². The van der Waals surface area contributed by atoms with Gasteiger partial charge in [-0.2, -0.15) is 0 Å². The first-order valence-electron chi connectivity index (χ1n) is 21.9. The monoisotopic (exact) mass is 762 g/mol. The van der Waals surface area contributed by atoms with E-state index < -0.39 is 0 Å². The van der Waals surface area contributed by atoms with E-state index in [0.29, 0.717) is 17.8 Å². The highest BCUT2D eigenvalue weighted by atomic mass is 14.4. The summed E-state index contributed by atoms with van der Waals surface area (Å²) in [6, 6.07) is 67.0. The van der Waals surface area contributed by atoms with E-state index in [2.05, 4.69) is 204 Å². The van der Waals surface area contributed by atoms with E-state index in [0.717, 1.165) is 32.1 Å². The molecule has 0 saturated carbocycles. The van der Waals surface area contributed by atoms with Crippen molar-refractivity contribution in [3.63, 3.8) is 0 Å². The van der Waals surface area contributed by atoms with Crippen LogP contribution in [0.3, 0.4) is 0 Å². The predicted octanol–water partition coefficient (Wildman–Crippen LogP) is 15.1. The van der Waals surface area contributed by atoms with Gasteiger partial charge < -0.3 is 0 Å². The van der Waals surface area contributed by atoms with Gasteiger partial charge in [-0.05, 0) is 145 Å². The van der Waals surface area contributed by atoms with E-state index in [9.17, 15) is 0 Å². The number of fused-ring (bicyclic) bond motifs is 8. The summed E-state index contributed by atoms with van der Waals surface area (Å²) < 4.78 is 0. The Kier molecular flexibility index (Phi) is 9.68. The molecule has 0 saturated heterocycles. The lowest BCUT2D eigenvalue weighted by Crippen LogP contribution is -2.17. The van der Waals surface area contributed by atoms with Crippen molar-refractivity contribution in [2.45, 2.75) is 83.0 Å². The second-order valence-electron chi connectivity index (χ2n) is 18.1. The van der Waals surface area contributed by atoms with Gasteiger partial charge in [-0.1, -0.05) is 202 Å². The number of benzene rings is 8. The molecule has 2 aliphatic carbocycles. The van der Waals surface area contributed by atoms with Crippen molar-refractivity contribution in [2.24, 2.45) is 0 Å². The van der Waals surface area contributed by atoms with Crippen LogP contribution in [-0.2, 0) is 31.1 Å². The number of aryl methyl sites for hydroxylation is 2. The summed E-state index contributed by atoms with van der Waals surface area (Å²) in [5.74, 6) is 1.16. The molecular weight excluding hydrogens is 709 g/mol. The Morgan fingerprint density at radius 1 is 0.508 bits per heavy atom. The Balaban J connectivity index is 0.975. The van der Waals surface area contributed by atoms with E-state index in [1.807, 2.05) is 0 Å². The maximum absolute atomic E-state index is 2.60. The average molecular weight is 763 g/mol. The topological polar surface area (TPSA) is 0 Å². The molecule has 2 aliphatic rings. The zero-order chi connectivity index (χ0) is 40.1.